The maximum atomic E-state index is 12.4. The third kappa shape index (κ3) is 5.22. The quantitative estimate of drug-likeness (QED) is 0.451. The van der Waals surface area contributed by atoms with Gasteiger partial charge in [-0.25, -0.2) is 0 Å². The molecule has 2 aromatic rings. The number of carbonyl (C=O) groups is 1. The van der Waals surface area contributed by atoms with Gasteiger partial charge in [-0.1, -0.05) is 12.1 Å². The van der Waals surface area contributed by atoms with Crippen LogP contribution in [0.15, 0.2) is 48.5 Å². The van der Waals surface area contributed by atoms with Crippen LogP contribution in [-0.4, -0.2) is 48.5 Å². The van der Waals surface area contributed by atoms with E-state index in [-0.39, 0.29) is 11.6 Å². The molecule has 28 heavy (non-hydrogen) atoms. The van der Waals surface area contributed by atoms with E-state index in [4.69, 9.17) is 0 Å². The largest absolute Gasteiger partial charge is 0.385 e. The average Bonchev–Trinajstić information content (AvgIpc) is 2.71. The second kappa shape index (κ2) is 9.21. The van der Waals surface area contributed by atoms with Crippen molar-refractivity contribution < 1.29 is 9.72 Å². The maximum absolute atomic E-state index is 12.4. The Balaban J connectivity index is 1.37. The highest BCUT2D eigenvalue weighted by atomic mass is 16.6. The smallest absolute Gasteiger partial charge is 0.269 e. The molecule has 0 atom stereocenters. The topological polar surface area (TPSA) is 78.7 Å². The molecule has 0 aliphatic carbocycles. The summed E-state index contributed by atoms with van der Waals surface area (Å²) in [6.07, 6.45) is 1.23. The van der Waals surface area contributed by atoms with Gasteiger partial charge in [-0.05, 0) is 43.2 Å². The van der Waals surface area contributed by atoms with Gasteiger partial charge >= 0.3 is 0 Å². The number of nitro groups is 1. The van der Waals surface area contributed by atoms with Crippen molar-refractivity contribution >= 4 is 23.0 Å². The zero-order valence-corrected chi connectivity index (χ0v) is 16.1. The van der Waals surface area contributed by atoms with Gasteiger partial charge in [-0.3, -0.25) is 14.9 Å². The number of nitro benzene ring substituents is 1. The molecule has 1 fully saturated rings. The Kier molecular flexibility index (Phi) is 6.47. The first-order valence-corrected chi connectivity index (χ1v) is 9.60. The van der Waals surface area contributed by atoms with Crippen molar-refractivity contribution in [1.29, 1.82) is 0 Å². The van der Waals surface area contributed by atoms with Crippen LogP contribution in [0.1, 0.15) is 18.4 Å². The summed E-state index contributed by atoms with van der Waals surface area (Å²) in [5.74, 6) is 0.189. The zero-order valence-electron chi connectivity index (χ0n) is 16.1. The van der Waals surface area contributed by atoms with Crippen molar-refractivity contribution in [2.45, 2.75) is 19.8 Å². The second-order valence-corrected chi connectivity index (χ2v) is 7.04. The summed E-state index contributed by atoms with van der Waals surface area (Å²) in [6.45, 7) is 5.97. The van der Waals surface area contributed by atoms with Crippen LogP contribution in [0.4, 0.5) is 17.1 Å². The number of carbonyl (C=O) groups excluding carboxylic acids is 1. The molecule has 1 saturated heterocycles. The van der Waals surface area contributed by atoms with Gasteiger partial charge in [0.15, 0.2) is 0 Å². The van der Waals surface area contributed by atoms with E-state index in [1.807, 2.05) is 4.90 Å². The average molecular weight is 382 g/mol. The molecule has 1 amide bonds. The molecule has 0 spiro atoms. The Bertz CT molecular complexity index is 815. The van der Waals surface area contributed by atoms with Crippen molar-refractivity contribution in [3.05, 3.63) is 64.2 Å². The number of aryl methyl sites for hydroxylation is 1. The first kappa shape index (κ1) is 19.7. The number of rotatable bonds is 7. The van der Waals surface area contributed by atoms with Crippen molar-refractivity contribution in [2.24, 2.45) is 0 Å². The molecule has 1 aliphatic heterocycles. The Morgan fingerprint density at radius 1 is 1.11 bits per heavy atom. The summed E-state index contributed by atoms with van der Waals surface area (Å²) in [4.78, 5) is 26.9. The first-order chi connectivity index (χ1) is 13.5. The molecule has 3 rings (SSSR count). The lowest BCUT2D eigenvalue weighted by Crippen LogP contribution is -2.48. The van der Waals surface area contributed by atoms with E-state index in [2.05, 4.69) is 41.4 Å². The van der Waals surface area contributed by atoms with Gasteiger partial charge in [0, 0.05) is 62.7 Å². The summed E-state index contributed by atoms with van der Waals surface area (Å²) in [6, 6.07) is 14.8. The fraction of sp³-hybridized carbons (Fsp3) is 0.381. The van der Waals surface area contributed by atoms with E-state index in [1.165, 1.54) is 23.4 Å². The number of anilines is 2. The number of piperazine rings is 1. The van der Waals surface area contributed by atoms with Gasteiger partial charge in [0.25, 0.3) is 5.69 Å². The summed E-state index contributed by atoms with van der Waals surface area (Å²) in [5, 5.41) is 13.9. The van der Waals surface area contributed by atoms with Gasteiger partial charge in [0.2, 0.25) is 5.91 Å². The fourth-order valence-electron chi connectivity index (χ4n) is 3.37. The fourth-order valence-corrected chi connectivity index (χ4v) is 3.37. The highest BCUT2D eigenvalue weighted by molar-refractivity contribution is 5.76. The summed E-state index contributed by atoms with van der Waals surface area (Å²) in [5.41, 5.74) is 3.37. The van der Waals surface area contributed by atoms with Crippen LogP contribution in [0, 0.1) is 17.0 Å². The van der Waals surface area contributed by atoms with Crippen molar-refractivity contribution in [2.75, 3.05) is 42.9 Å². The van der Waals surface area contributed by atoms with Gasteiger partial charge < -0.3 is 15.1 Å². The standard InChI is InChI=1S/C21H26N4O3/c1-17-4-2-5-20(16-17)23-12-14-24(15-13-23)21(26)6-3-11-22-18-7-9-19(10-8-18)25(27)28/h2,4-5,7-10,16,22H,3,6,11-15H2,1H3. The molecule has 1 aliphatic rings. The first-order valence-electron chi connectivity index (χ1n) is 9.60. The molecule has 0 saturated carbocycles. The zero-order chi connectivity index (χ0) is 19.9. The molecule has 1 heterocycles. The van der Waals surface area contributed by atoms with Crippen LogP contribution in [-0.2, 0) is 4.79 Å². The highest BCUT2D eigenvalue weighted by Crippen LogP contribution is 2.18. The molecule has 1 N–H and O–H groups in total. The number of nitrogens with zero attached hydrogens (tertiary/aromatic N) is 3. The normalized spacial score (nSPS) is 14.0. The van der Waals surface area contributed by atoms with Crippen molar-refractivity contribution in [3.63, 3.8) is 0 Å². The second-order valence-electron chi connectivity index (χ2n) is 7.04. The number of non-ortho nitro benzene ring substituents is 1. The number of benzene rings is 2. The maximum Gasteiger partial charge on any atom is 0.269 e. The van der Waals surface area contributed by atoms with E-state index >= 15 is 0 Å². The van der Waals surface area contributed by atoms with Crippen LogP contribution >= 0.6 is 0 Å². The van der Waals surface area contributed by atoms with E-state index in [1.54, 1.807) is 12.1 Å². The predicted octanol–water partition coefficient (Wildman–Crippen LogP) is 3.44. The molecule has 0 unspecified atom stereocenters. The van der Waals surface area contributed by atoms with Gasteiger partial charge in [-0.15, -0.1) is 0 Å². The van der Waals surface area contributed by atoms with Crippen LogP contribution in [0.3, 0.4) is 0 Å². The molecular weight excluding hydrogens is 356 g/mol. The summed E-state index contributed by atoms with van der Waals surface area (Å²) < 4.78 is 0. The Labute approximate surface area is 165 Å². The summed E-state index contributed by atoms with van der Waals surface area (Å²) in [7, 11) is 0. The molecule has 148 valence electrons. The molecule has 0 aromatic heterocycles. The lowest BCUT2D eigenvalue weighted by molar-refractivity contribution is -0.384. The van der Waals surface area contributed by atoms with E-state index in [9.17, 15) is 14.9 Å². The van der Waals surface area contributed by atoms with Crippen LogP contribution < -0.4 is 10.2 Å². The minimum absolute atomic E-state index is 0.0746. The number of nitrogens with one attached hydrogen (secondary N) is 1. The highest BCUT2D eigenvalue weighted by Gasteiger charge is 2.20. The molecule has 7 heteroatoms. The van der Waals surface area contributed by atoms with Crippen molar-refractivity contribution in [1.82, 2.24) is 4.90 Å². The molecule has 2 aromatic carbocycles. The Morgan fingerprint density at radius 3 is 2.46 bits per heavy atom. The minimum Gasteiger partial charge on any atom is -0.385 e. The lowest BCUT2D eigenvalue weighted by atomic mass is 10.2. The monoisotopic (exact) mass is 382 g/mol. The minimum atomic E-state index is -0.416. The number of amides is 1. The van der Waals surface area contributed by atoms with Crippen LogP contribution in [0.5, 0.6) is 0 Å². The number of hydrogen-bond acceptors (Lipinski definition) is 5. The molecule has 0 radical (unpaired) electrons. The van der Waals surface area contributed by atoms with E-state index in [0.717, 1.165) is 38.3 Å². The third-order valence-corrected chi connectivity index (χ3v) is 4.97. The van der Waals surface area contributed by atoms with Gasteiger partial charge in [-0.2, -0.15) is 0 Å². The van der Waals surface area contributed by atoms with E-state index in [0.29, 0.717) is 13.0 Å². The Hall–Kier alpha value is -3.09. The molecule has 7 nitrogen and oxygen atoms in total. The molecule has 0 bridgehead atoms. The van der Waals surface area contributed by atoms with E-state index < -0.39 is 4.92 Å². The van der Waals surface area contributed by atoms with Crippen LogP contribution in [0.2, 0.25) is 0 Å². The van der Waals surface area contributed by atoms with Crippen LogP contribution in [0.25, 0.3) is 0 Å². The number of hydrogen-bond donors (Lipinski definition) is 1. The SMILES string of the molecule is Cc1cccc(N2CCN(C(=O)CCCNc3ccc([N+](=O)[O-])cc3)CC2)c1. The lowest BCUT2D eigenvalue weighted by Gasteiger charge is -2.36. The predicted molar refractivity (Wildman–Crippen MR) is 111 cm³/mol. The van der Waals surface area contributed by atoms with Gasteiger partial charge in [0.05, 0.1) is 4.92 Å². The summed E-state index contributed by atoms with van der Waals surface area (Å²) >= 11 is 0. The van der Waals surface area contributed by atoms with Crippen molar-refractivity contribution in [3.8, 4) is 0 Å². The Morgan fingerprint density at radius 2 is 1.82 bits per heavy atom. The van der Waals surface area contributed by atoms with Gasteiger partial charge in [0.1, 0.15) is 0 Å². The molecular formula is C21H26N4O3. The third-order valence-electron chi connectivity index (χ3n) is 4.97.